The minimum Gasteiger partial charge on any atom is -0.345 e. The second-order valence-electron chi connectivity index (χ2n) is 10.7. The third-order valence-corrected chi connectivity index (χ3v) is 7.95. The molecule has 3 aromatic carbocycles. The SMILES string of the molecule is Cc1cc(C(NC(=O)c2cc(Cn3ccn(C4CC4)c3=N)cc(-c3ccc(F)cc3Cl)c2)C2CC2)ccc1F. The number of rotatable bonds is 8. The number of nitrogens with one attached hydrogen (secondary N) is 2. The Morgan fingerprint density at radius 1 is 1.05 bits per heavy atom. The van der Waals surface area contributed by atoms with E-state index >= 15 is 0 Å². The van der Waals surface area contributed by atoms with Crippen molar-refractivity contribution in [2.45, 2.75) is 51.2 Å². The van der Waals surface area contributed by atoms with Crippen molar-refractivity contribution in [3.8, 4) is 11.1 Å². The van der Waals surface area contributed by atoms with Crippen LogP contribution >= 0.6 is 11.6 Å². The molecule has 2 fully saturated rings. The number of imidazole rings is 1. The number of aryl methyl sites for hydroxylation is 1. The number of hydrogen-bond acceptors (Lipinski definition) is 2. The maximum Gasteiger partial charge on any atom is 0.251 e. The normalized spacial score (nSPS) is 15.8. The van der Waals surface area contributed by atoms with Crippen LogP contribution in [0.5, 0.6) is 0 Å². The molecule has 0 spiro atoms. The molecular formula is C31H29ClF2N4O. The highest BCUT2D eigenvalue weighted by Crippen LogP contribution is 2.41. The Hall–Kier alpha value is -3.71. The highest BCUT2D eigenvalue weighted by molar-refractivity contribution is 6.33. The van der Waals surface area contributed by atoms with Crippen LogP contribution in [0.25, 0.3) is 11.1 Å². The zero-order chi connectivity index (χ0) is 27.3. The van der Waals surface area contributed by atoms with E-state index in [1.54, 1.807) is 31.2 Å². The molecule has 1 heterocycles. The van der Waals surface area contributed by atoms with Gasteiger partial charge in [-0.1, -0.05) is 23.7 Å². The van der Waals surface area contributed by atoms with Gasteiger partial charge in [0.2, 0.25) is 5.62 Å². The summed E-state index contributed by atoms with van der Waals surface area (Å²) in [7, 11) is 0. The Morgan fingerprint density at radius 3 is 2.54 bits per heavy atom. The van der Waals surface area contributed by atoms with Crippen molar-refractivity contribution in [3.63, 3.8) is 0 Å². The van der Waals surface area contributed by atoms with Gasteiger partial charge in [-0.05, 0) is 103 Å². The molecule has 200 valence electrons. The summed E-state index contributed by atoms with van der Waals surface area (Å²) in [6, 6.07) is 14.9. The molecule has 2 aliphatic carbocycles. The summed E-state index contributed by atoms with van der Waals surface area (Å²) < 4.78 is 31.5. The highest BCUT2D eigenvalue weighted by Gasteiger charge is 2.34. The number of aromatic nitrogens is 2. The van der Waals surface area contributed by atoms with Gasteiger partial charge in [0.05, 0.1) is 17.6 Å². The van der Waals surface area contributed by atoms with E-state index in [1.807, 2.05) is 33.7 Å². The van der Waals surface area contributed by atoms with E-state index in [1.165, 1.54) is 18.2 Å². The molecule has 2 N–H and O–H groups in total. The van der Waals surface area contributed by atoms with Crippen LogP contribution in [0.15, 0.2) is 67.0 Å². The van der Waals surface area contributed by atoms with Gasteiger partial charge in [-0.2, -0.15) is 0 Å². The van der Waals surface area contributed by atoms with Gasteiger partial charge in [-0.15, -0.1) is 0 Å². The van der Waals surface area contributed by atoms with Gasteiger partial charge in [0.15, 0.2) is 0 Å². The smallest absolute Gasteiger partial charge is 0.251 e. The largest absolute Gasteiger partial charge is 0.345 e. The van der Waals surface area contributed by atoms with Gasteiger partial charge in [0.25, 0.3) is 5.91 Å². The minimum atomic E-state index is -0.435. The Labute approximate surface area is 230 Å². The molecule has 0 bridgehead atoms. The summed E-state index contributed by atoms with van der Waals surface area (Å²) in [4.78, 5) is 13.7. The third-order valence-electron chi connectivity index (χ3n) is 7.64. The van der Waals surface area contributed by atoms with E-state index in [0.29, 0.717) is 46.4 Å². The predicted molar refractivity (Wildman–Crippen MR) is 147 cm³/mol. The molecule has 1 amide bonds. The lowest BCUT2D eigenvalue weighted by atomic mass is 9.97. The van der Waals surface area contributed by atoms with Crippen molar-refractivity contribution < 1.29 is 13.6 Å². The fourth-order valence-electron chi connectivity index (χ4n) is 5.20. The lowest BCUT2D eigenvalue weighted by Crippen LogP contribution is -2.30. The van der Waals surface area contributed by atoms with E-state index in [4.69, 9.17) is 17.0 Å². The third kappa shape index (κ3) is 5.41. The fraction of sp³-hybridized carbons (Fsp3) is 0.290. The number of carbonyl (C=O) groups excluding carboxylic acids is 1. The Kier molecular flexibility index (Phi) is 6.63. The van der Waals surface area contributed by atoms with Crippen LogP contribution < -0.4 is 10.9 Å². The molecule has 39 heavy (non-hydrogen) atoms. The first-order valence-corrected chi connectivity index (χ1v) is 13.6. The number of halogens is 3. The first-order chi connectivity index (χ1) is 18.8. The van der Waals surface area contributed by atoms with Gasteiger partial charge in [0, 0.05) is 29.6 Å². The van der Waals surface area contributed by atoms with Crippen molar-refractivity contribution >= 4 is 17.5 Å². The molecule has 8 heteroatoms. The molecular weight excluding hydrogens is 518 g/mol. The molecule has 5 nitrogen and oxygen atoms in total. The first-order valence-electron chi connectivity index (χ1n) is 13.2. The van der Waals surface area contributed by atoms with Crippen molar-refractivity contribution in [3.05, 3.63) is 112 Å². The van der Waals surface area contributed by atoms with Crippen LogP contribution in [0.1, 0.15) is 64.8 Å². The molecule has 0 radical (unpaired) electrons. The van der Waals surface area contributed by atoms with Crippen LogP contribution in [-0.4, -0.2) is 15.0 Å². The summed E-state index contributed by atoms with van der Waals surface area (Å²) in [5.41, 5.74) is 4.43. The second kappa shape index (κ2) is 10.1. The summed E-state index contributed by atoms with van der Waals surface area (Å²) in [5.74, 6) is -0.649. The maximum absolute atomic E-state index is 13.9. The highest BCUT2D eigenvalue weighted by atomic mass is 35.5. The van der Waals surface area contributed by atoms with Crippen LogP contribution in [-0.2, 0) is 6.54 Å². The van der Waals surface area contributed by atoms with E-state index in [9.17, 15) is 13.6 Å². The topological polar surface area (TPSA) is 62.8 Å². The van der Waals surface area contributed by atoms with Crippen molar-refractivity contribution in [2.75, 3.05) is 0 Å². The number of nitrogens with zero attached hydrogens (tertiary/aromatic N) is 2. The average Bonchev–Trinajstić information content (AvgIpc) is 3.84. The molecule has 6 rings (SSSR count). The van der Waals surface area contributed by atoms with Crippen LogP contribution in [0.4, 0.5) is 8.78 Å². The zero-order valence-corrected chi connectivity index (χ0v) is 22.3. The molecule has 1 atom stereocenters. The standard InChI is InChI=1S/C31H29ClF2N4O/c1-18-12-21(4-9-28(18)34)29(20-2-3-20)36-30(39)23-14-19(17-37-10-11-38(31(37)35)25-6-7-25)13-22(15-23)26-8-5-24(33)16-27(26)32/h4-5,8-16,20,25,29,35H,2-3,6-7,17H2,1H3,(H,36,39). The number of amides is 1. The minimum absolute atomic E-state index is 0.222. The van der Waals surface area contributed by atoms with Gasteiger partial charge in [-0.3, -0.25) is 10.2 Å². The molecule has 0 saturated heterocycles. The van der Waals surface area contributed by atoms with Gasteiger partial charge < -0.3 is 14.5 Å². The monoisotopic (exact) mass is 546 g/mol. The molecule has 1 aromatic heterocycles. The van der Waals surface area contributed by atoms with Gasteiger partial charge in [-0.25, -0.2) is 8.78 Å². The molecule has 4 aromatic rings. The van der Waals surface area contributed by atoms with Crippen LogP contribution in [0, 0.1) is 29.9 Å². The van der Waals surface area contributed by atoms with Crippen molar-refractivity contribution in [1.29, 1.82) is 5.41 Å². The second-order valence-corrected chi connectivity index (χ2v) is 11.1. The van der Waals surface area contributed by atoms with Crippen LogP contribution in [0.3, 0.4) is 0 Å². The van der Waals surface area contributed by atoms with Crippen LogP contribution in [0.2, 0.25) is 5.02 Å². The van der Waals surface area contributed by atoms with E-state index in [2.05, 4.69) is 5.32 Å². The van der Waals surface area contributed by atoms with E-state index in [0.717, 1.165) is 36.8 Å². The average molecular weight is 547 g/mol. The number of benzene rings is 3. The molecule has 1 unspecified atom stereocenters. The predicted octanol–water partition coefficient (Wildman–Crippen LogP) is 6.94. The lowest BCUT2D eigenvalue weighted by molar-refractivity contribution is 0.0931. The van der Waals surface area contributed by atoms with Crippen molar-refractivity contribution in [1.82, 2.24) is 14.5 Å². The van der Waals surface area contributed by atoms with E-state index < -0.39 is 5.82 Å². The van der Waals surface area contributed by atoms with Gasteiger partial charge in [0.1, 0.15) is 11.6 Å². The Morgan fingerprint density at radius 2 is 1.85 bits per heavy atom. The first kappa shape index (κ1) is 25.6. The maximum atomic E-state index is 13.9. The molecule has 2 aliphatic rings. The Bertz CT molecular complexity index is 1630. The number of carbonyl (C=O) groups is 1. The zero-order valence-electron chi connectivity index (χ0n) is 21.6. The summed E-state index contributed by atoms with van der Waals surface area (Å²) in [6.07, 6.45) is 7.98. The fourth-order valence-corrected chi connectivity index (χ4v) is 5.47. The molecule has 2 saturated carbocycles. The Balaban J connectivity index is 1.36. The van der Waals surface area contributed by atoms with Crippen molar-refractivity contribution in [2.24, 2.45) is 5.92 Å². The van der Waals surface area contributed by atoms with E-state index in [-0.39, 0.29) is 22.8 Å². The molecule has 0 aliphatic heterocycles. The summed E-state index contributed by atoms with van der Waals surface area (Å²) in [6.45, 7) is 2.12. The summed E-state index contributed by atoms with van der Waals surface area (Å²) >= 11 is 6.41. The quantitative estimate of drug-likeness (QED) is 0.247. The number of hydrogen-bond donors (Lipinski definition) is 2. The summed E-state index contributed by atoms with van der Waals surface area (Å²) in [5, 5.41) is 12.0. The lowest BCUT2D eigenvalue weighted by Gasteiger charge is -2.20. The van der Waals surface area contributed by atoms with Gasteiger partial charge >= 0.3 is 0 Å².